The molecule has 0 N–H and O–H groups in total. The van der Waals surface area contributed by atoms with Gasteiger partial charge in [0.15, 0.2) is 0 Å². The van der Waals surface area contributed by atoms with Crippen LogP contribution in [0.3, 0.4) is 0 Å². The number of rotatable bonds is 13. The Hall–Kier alpha value is -2.95. The largest absolute Gasteiger partial charge is 0.462 e. The van der Waals surface area contributed by atoms with Gasteiger partial charge in [0.25, 0.3) is 0 Å². The smallest absolute Gasteiger partial charge is 0.347 e. The zero-order valence-corrected chi connectivity index (χ0v) is 19.8. The first-order chi connectivity index (χ1) is 16.2. The third-order valence-electron chi connectivity index (χ3n) is 5.95. The molecule has 3 rings (SSSR count). The Morgan fingerprint density at radius 3 is 1.79 bits per heavy atom. The van der Waals surface area contributed by atoms with E-state index in [9.17, 15) is 4.79 Å². The molecule has 33 heavy (non-hydrogen) atoms. The number of esters is 1. The quantitative estimate of drug-likeness (QED) is 0.259. The number of hydrogen-bond acceptors (Lipinski definition) is 4. The van der Waals surface area contributed by atoms with Crippen LogP contribution in [0, 0.1) is 0 Å². The van der Waals surface area contributed by atoms with Gasteiger partial charge < -0.3 is 14.4 Å². The van der Waals surface area contributed by atoms with E-state index in [1.807, 2.05) is 78.9 Å². The molecule has 0 bridgehead atoms. The average Bonchev–Trinajstić information content (AvgIpc) is 2.88. The van der Waals surface area contributed by atoms with E-state index in [2.05, 4.69) is 30.9 Å². The minimum atomic E-state index is -1.30. The van der Waals surface area contributed by atoms with Crippen molar-refractivity contribution < 1.29 is 14.3 Å². The van der Waals surface area contributed by atoms with E-state index in [1.165, 1.54) is 5.56 Å². The Balaban J connectivity index is 1.84. The van der Waals surface area contributed by atoms with Crippen molar-refractivity contribution in [3.8, 4) is 0 Å². The van der Waals surface area contributed by atoms with Crippen LogP contribution in [0.2, 0.25) is 0 Å². The summed E-state index contributed by atoms with van der Waals surface area (Å²) in [4.78, 5) is 16.0. The van der Waals surface area contributed by atoms with Crippen LogP contribution in [0.15, 0.2) is 91.0 Å². The van der Waals surface area contributed by atoms with Gasteiger partial charge in [-0.2, -0.15) is 0 Å². The summed E-state index contributed by atoms with van der Waals surface area (Å²) in [6.07, 6.45) is 1.69. The third-order valence-corrected chi connectivity index (χ3v) is 5.95. The minimum Gasteiger partial charge on any atom is -0.462 e. The zero-order valence-electron chi connectivity index (χ0n) is 19.8. The molecule has 174 valence electrons. The van der Waals surface area contributed by atoms with Gasteiger partial charge in [0.05, 0.1) is 0 Å². The molecule has 0 radical (unpaired) electrons. The molecular formula is C29H35NO3. The maximum atomic E-state index is 13.7. The highest BCUT2D eigenvalue weighted by Crippen LogP contribution is 2.35. The van der Waals surface area contributed by atoms with E-state index in [-0.39, 0.29) is 5.97 Å². The Morgan fingerprint density at radius 1 is 0.758 bits per heavy atom. The van der Waals surface area contributed by atoms with Gasteiger partial charge >= 0.3 is 5.97 Å². The Bertz CT molecular complexity index is 901. The zero-order chi connectivity index (χ0) is 23.4. The second-order valence-electron chi connectivity index (χ2n) is 8.01. The van der Waals surface area contributed by atoms with Crippen LogP contribution in [-0.4, -0.2) is 43.7 Å². The van der Waals surface area contributed by atoms with Crippen LogP contribution >= 0.6 is 0 Å². The van der Waals surface area contributed by atoms with E-state index in [0.29, 0.717) is 19.8 Å². The van der Waals surface area contributed by atoms with Gasteiger partial charge in [0, 0.05) is 13.2 Å². The van der Waals surface area contributed by atoms with E-state index < -0.39 is 5.60 Å². The van der Waals surface area contributed by atoms with Gasteiger partial charge in [-0.1, -0.05) is 105 Å². The van der Waals surface area contributed by atoms with E-state index in [4.69, 9.17) is 9.47 Å². The molecule has 0 atom stereocenters. The van der Waals surface area contributed by atoms with Crippen molar-refractivity contribution in [3.63, 3.8) is 0 Å². The molecule has 0 heterocycles. The first-order valence-corrected chi connectivity index (χ1v) is 11.9. The summed E-state index contributed by atoms with van der Waals surface area (Å²) in [6.45, 7) is 7.53. The van der Waals surface area contributed by atoms with Crippen molar-refractivity contribution in [2.45, 2.75) is 32.3 Å². The average molecular weight is 446 g/mol. The van der Waals surface area contributed by atoms with Crippen molar-refractivity contribution >= 4 is 5.97 Å². The molecular weight excluding hydrogens is 410 g/mol. The molecule has 4 heteroatoms. The molecule has 0 saturated heterocycles. The fourth-order valence-electron chi connectivity index (χ4n) is 4.03. The summed E-state index contributed by atoms with van der Waals surface area (Å²) in [5.41, 5.74) is 1.52. The molecule has 0 saturated carbocycles. The molecule has 0 aliphatic rings. The number of likely N-dealkylation sites (N-methyl/N-ethyl adjacent to an activating group) is 1. The summed E-state index contributed by atoms with van der Waals surface area (Å²) in [5, 5.41) is 0. The summed E-state index contributed by atoms with van der Waals surface area (Å²) in [6, 6.07) is 29.7. The number of carbonyl (C=O) groups is 1. The minimum absolute atomic E-state index is 0.329. The lowest BCUT2D eigenvalue weighted by molar-refractivity contribution is -0.169. The van der Waals surface area contributed by atoms with Crippen molar-refractivity contribution in [3.05, 3.63) is 108 Å². The van der Waals surface area contributed by atoms with Crippen molar-refractivity contribution in [1.82, 2.24) is 4.90 Å². The lowest BCUT2D eigenvalue weighted by atomic mass is 9.86. The molecule has 3 aromatic rings. The standard InChI is InChI=1S/C29H35NO3/c1-3-30(4-2)22-24-32-28(31)29(26-18-10-6-11-19-26,27-20-12-7-13-21-27)33-23-14-17-25-15-8-5-9-16-25/h5-13,15-16,18-21H,3-4,14,17,22-24H2,1-2H3. The highest BCUT2D eigenvalue weighted by Gasteiger charge is 2.45. The van der Waals surface area contributed by atoms with Crippen molar-refractivity contribution in [2.75, 3.05) is 32.8 Å². The van der Waals surface area contributed by atoms with Crippen LogP contribution < -0.4 is 0 Å². The second-order valence-corrected chi connectivity index (χ2v) is 8.01. The molecule has 3 aromatic carbocycles. The van der Waals surface area contributed by atoms with Gasteiger partial charge in [-0.15, -0.1) is 0 Å². The maximum Gasteiger partial charge on any atom is 0.347 e. The highest BCUT2D eigenvalue weighted by atomic mass is 16.6. The summed E-state index contributed by atoms with van der Waals surface area (Å²) < 4.78 is 12.4. The SMILES string of the molecule is CCN(CC)CCOC(=O)C(OCCCc1ccccc1)(c1ccccc1)c1ccccc1. The summed E-state index contributed by atoms with van der Waals surface area (Å²) >= 11 is 0. The summed E-state index contributed by atoms with van der Waals surface area (Å²) in [5.74, 6) is -0.369. The van der Waals surface area contributed by atoms with Crippen molar-refractivity contribution in [1.29, 1.82) is 0 Å². The van der Waals surface area contributed by atoms with E-state index in [1.54, 1.807) is 0 Å². The fourth-order valence-corrected chi connectivity index (χ4v) is 4.03. The van der Waals surface area contributed by atoms with Gasteiger partial charge in [0.2, 0.25) is 5.60 Å². The first kappa shape index (κ1) is 24.7. The topological polar surface area (TPSA) is 38.8 Å². The lowest BCUT2D eigenvalue weighted by Crippen LogP contribution is -2.43. The molecule has 0 fully saturated rings. The Morgan fingerprint density at radius 2 is 1.27 bits per heavy atom. The molecule has 0 spiro atoms. The maximum absolute atomic E-state index is 13.7. The predicted octanol–water partition coefficient (Wildman–Crippen LogP) is 5.46. The summed E-state index contributed by atoms with van der Waals surface area (Å²) in [7, 11) is 0. The van der Waals surface area contributed by atoms with Gasteiger partial charge in [-0.05, 0) is 42.6 Å². The van der Waals surface area contributed by atoms with Gasteiger partial charge in [0.1, 0.15) is 6.61 Å². The van der Waals surface area contributed by atoms with E-state index >= 15 is 0 Å². The highest BCUT2D eigenvalue weighted by molar-refractivity contribution is 5.85. The number of benzene rings is 3. The number of nitrogens with zero attached hydrogens (tertiary/aromatic N) is 1. The third kappa shape index (κ3) is 6.53. The Labute approximate surface area is 198 Å². The van der Waals surface area contributed by atoms with E-state index in [0.717, 1.165) is 37.1 Å². The predicted molar refractivity (Wildman–Crippen MR) is 133 cm³/mol. The lowest BCUT2D eigenvalue weighted by Gasteiger charge is -2.33. The number of ether oxygens (including phenoxy) is 2. The Kier molecular flexibility index (Phi) is 9.67. The molecule has 0 unspecified atom stereocenters. The normalized spacial score (nSPS) is 11.5. The first-order valence-electron chi connectivity index (χ1n) is 11.9. The number of aryl methyl sites for hydroxylation is 1. The van der Waals surface area contributed by atoms with Crippen LogP contribution in [0.1, 0.15) is 37.0 Å². The fraction of sp³-hybridized carbons (Fsp3) is 0.345. The van der Waals surface area contributed by atoms with Gasteiger partial charge in [-0.25, -0.2) is 4.79 Å². The molecule has 0 aliphatic heterocycles. The van der Waals surface area contributed by atoms with Crippen LogP contribution in [0.4, 0.5) is 0 Å². The number of hydrogen-bond donors (Lipinski definition) is 0. The molecule has 0 aliphatic carbocycles. The molecule has 0 aromatic heterocycles. The van der Waals surface area contributed by atoms with Crippen LogP contribution in [0.25, 0.3) is 0 Å². The van der Waals surface area contributed by atoms with Crippen molar-refractivity contribution in [2.24, 2.45) is 0 Å². The molecule has 0 amide bonds. The molecule has 4 nitrogen and oxygen atoms in total. The number of carbonyl (C=O) groups excluding carboxylic acids is 1. The van der Waals surface area contributed by atoms with Crippen LogP contribution in [0.5, 0.6) is 0 Å². The van der Waals surface area contributed by atoms with Crippen LogP contribution in [-0.2, 0) is 26.3 Å². The monoisotopic (exact) mass is 445 g/mol. The second kappa shape index (κ2) is 12.9. The van der Waals surface area contributed by atoms with Gasteiger partial charge in [-0.3, -0.25) is 0 Å².